The van der Waals surface area contributed by atoms with E-state index in [-0.39, 0.29) is 48.6 Å². The predicted octanol–water partition coefficient (Wildman–Crippen LogP) is 3.60. The largest absolute Gasteiger partial charge is 0.383 e. The molecule has 1 aliphatic heterocycles. The van der Waals surface area contributed by atoms with Crippen LogP contribution in [0.5, 0.6) is 0 Å². The highest BCUT2D eigenvalue weighted by Gasteiger charge is 2.29. The molecule has 11 heteroatoms. The van der Waals surface area contributed by atoms with E-state index in [1.54, 1.807) is 12.1 Å². The van der Waals surface area contributed by atoms with Gasteiger partial charge in [-0.25, -0.2) is 22.2 Å². The van der Waals surface area contributed by atoms with E-state index in [2.05, 4.69) is 4.98 Å². The number of hydrogen-bond donors (Lipinski definition) is 0. The fourth-order valence-electron chi connectivity index (χ4n) is 4.29. The molecule has 2 heterocycles. The molecule has 3 aromatic rings. The number of carbonyl (C=O) groups is 1. The van der Waals surface area contributed by atoms with Crippen molar-refractivity contribution in [3.05, 3.63) is 83.2 Å². The van der Waals surface area contributed by atoms with Gasteiger partial charge in [0.05, 0.1) is 49.0 Å². The van der Waals surface area contributed by atoms with Crippen molar-refractivity contribution in [2.24, 2.45) is 0 Å². The molecular weight excluding hydrogens is 504 g/mol. The van der Waals surface area contributed by atoms with Crippen LogP contribution in [0.25, 0.3) is 0 Å². The molecule has 1 fully saturated rings. The lowest BCUT2D eigenvalue weighted by molar-refractivity contribution is 0.0664. The molecule has 4 rings (SSSR count). The number of carbonyl (C=O) groups excluding carboxylic acids is 1. The Morgan fingerprint density at radius 3 is 2.57 bits per heavy atom. The molecule has 0 N–H and O–H groups in total. The monoisotopic (exact) mass is 533 g/mol. The summed E-state index contributed by atoms with van der Waals surface area (Å²) < 4.78 is 67.8. The predicted molar refractivity (Wildman–Crippen MR) is 132 cm³/mol. The van der Waals surface area contributed by atoms with Crippen LogP contribution in [0.15, 0.2) is 59.9 Å². The minimum atomic E-state index is -4.05. The van der Waals surface area contributed by atoms with Crippen LogP contribution in [0.4, 0.5) is 8.78 Å². The number of nitrogens with zero attached hydrogens (tertiary/aromatic N) is 3. The molecule has 2 aromatic carbocycles. The molecule has 0 bridgehead atoms. The van der Waals surface area contributed by atoms with Crippen LogP contribution < -0.4 is 0 Å². The van der Waals surface area contributed by atoms with Crippen LogP contribution in [0.2, 0.25) is 0 Å². The van der Waals surface area contributed by atoms with E-state index < -0.39 is 33.1 Å². The molecular formula is C26H29F2N3O5S. The maximum absolute atomic E-state index is 14.4. The molecule has 1 atom stereocenters. The Balaban J connectivity index is 1.69. The van der Waals surface area contributed by atoms with E-state index in [1.165, 1.54) is 59.2 Å². The van der Waals surface area contributed by atoms with Crippen molar-refractivity contribution >= 4 is 15.7 Å². The molecule has 1 aliphatic rings. The maximum atomic E-state index is 14.4. The Bertz CT molecular complexity index is 1340. The second kappa shape index (κ2) is 11.9. The van der Waals surface area contributed by atoms with E-state index in [1.807, 2.05) is 0 Å². The quantitative estimate of drug-likeness (QED) is 0.374. The van der Waals surface area contributed by atoms with Gasteiger partial charge in [0.15, 0.2) is 0 Å². The first-order valence-corrected chi connectivity index (χ1v) is 13.6. The van der Waals surface area contributed by atoms with Gasteiger partial charge < -0.3 is 18.9 Å². The van der Waals surface area contributed by atoms with Crippen LogP contribution in [0.1, 0.15) is 34.5 Å². The Morgan fingerprint density at radius 1 is 1.16 bits per heavy atom. The molecule has 8 nitrogen and oxygen atoms in total. The Hall–Kier alpha value is -3.15. The van der Waals surface area contributed by atoms with E-state index >= 15 is 0 Å². The minimum absolute atomic E-state index is 0.0344. The van der Waals surface area contributed by atoms with Gasteiger partial charge in [-0.1, -0.05) is 30.3 Å². The second-order valence-electron chi connectivity index (χ2n) is 8.83. The zero-order valence-electron chi connectivity index (χ0n) is 20.5. The first-order valence-electron chi connectivity index (χ1n) is 11.9. The topological polar surface area (TPSA) is 90.7 Å². The lowest BCUT2D eigenvalue weighted by atomic mass is 10.1. The van der Waals surface area contributed by atoms with Crippen LogP contribution in [0.3, 0.4) is 0 Å². The van der Waals surface area contributed by atoms with Crippen molar-refractivity contribution < 1.29 is 31.5 Å². The summed E-state index contributed by atoms with van der Waals surface area (Å²) in [5, 5.41) is -0.230. The molecule has 1 aromatic heterocycles. The number of ether oxygens (including phenoxy) is 2. The summed E-state index contributed by atoms with van der Waals surface area (Å²) in [7, 11) is -2.56. The highest BCUT2D eigenvalue weighted by atomic mass is 32.2. The van der Waals surface area contributed by atoms with Crippen molar-refractivity contribution in [1.29, 1.82) is 0 Å². The molecule has 198 valence electrons. The Kier molecular flexibility index (Phi) is 8.67. The average Bonchev–Trinajstić information content (AvgIpc) is 3.54. The normalized spacial score (nSPS) is 15.7. The van der Waals surface area contributed by atoms with Gasteiger partial charge >= 0.3 is 0 Å². The third-order valence-corrected chi connectivity index (χ3v) is 7.78. The molecule has 1 saturated heterocycles. The highest BCUT2D eigenvalue weighted by Crippen LogP contribution is 2.24. The van der Waals surface area contributed by atoms with Gasteiger partial charge in [-0.05, 0) is 31.0 Å². The summed E-state index contributed by atoms with van der Waals surface area (Å²) in [5.74, 6) is -2.40. The van der Waals surface area contributed by atoms with E-state index in [9.17, 15) is 22.0 Å². The third kappa shape index (κ3) is 6.41. The summed E-state index contributed by atoms with van der Waals surface area (Å²) in [6.45, 7) is 1.07. The SMILES string of the molecule is COCCN(Cc1cnc(S(=O)(=O)Cc2ccccc2F)n1C[C@@H]1CCCO1)C(=O)c1ccccc1F. The summed E-state index contributed by atoms with van der Waals surface area (Å²) in [5.41, 5.74) is 0.367. The van der Waals surface area contributed by atoms with E-state index in [0.29, 0.717) is 12.3 Å². The summed E-state index contributed by atoms with van der Waals surface area (Å²) in [4.78, 5) is 18.8. The number of amides is 1. The van der Waals surface area contributed by atoms with Gasteiger partial charge in [0.2, 0.25) is 15.0 Å². The number of methoxy groups -OCH3 is 1. The lowest BCUT2D eigenvalue weighted by Gasteiger charge is -2.24. The molecule has 1 amide bonds. The van der Waals surface area contributed by atoms with E-state index in [0.717, 1.165) is 12.8 Å². The Morgan fingerprint density at radius 2 is 1.89 bits per heavy atom. The lowest BCUT2D eigenvalue weighted by Crippen LogP contribution is -2.35. The molecule has 0 aliphatic carbocycles. The zero-order chi connectivity index (χ0) is 26.4. The van der Waals surface area contributed by atoms with Crippen LogP contribution in [-0.2, 0) is 38.2 Å². The molecule has 0 spiro atoms. The number of imidazole rings is 1. The van der Waals surface area contributed by atoms with Gasteiger partial charge in [0.25, 0.3) is 5.91 Å². The number of aromatic nitrogens is 2. The van der Waals surface area contributed by atoms with Crippen molar-refractivity contribution in [2.45, 2.75) is 42.9 Å². The third-order valence-electron chi connectivity index (χ3n) is 6.20. The smallest absolute Gasteiger partial charge is 0.257 e. The fraction of sp³-hybridized carbons (Fsp3) is 0.385. The van der Waals surface area contributed by atoms with Crippen molar-refractivity contribution in [3.8, 4) is 0 Å². The summed E-state index contributed by atoms with van der Waals surface area (Å²) in [6, 6.07) is 11.3. The minimum Gasteiger partial charge on any atom is -0.383 e. The van der Waals surface area contributed by atoms with Gasteiger partial charge in [-0.2, -0.15) is 0 Å². The number of hydrogen-bond acceptors (Lipinski definition) is 6. The molecule has 0 radical (unpaired) electrons. The van der Waals surface area contributed by atoms with Crippen molar-refractivity contribution in [2.75, 3.05) is 26.9 Å². The fourth-order valence-corrected chi connectivity index (χ4v) is 5.81. The highest BCUT2D eigenvalue weighted by molar-refractivity contribution is 7.90. The first kappa shape index (κ1) is 26.9. The van der Waals surface area contributed by atoms with Gasteiger partial charge in [0, 0.05) is 25.8 Å². The van der Waals surface area contributed by atoms with Gasteiger partial charge in [0.1, 0.15) is 11.6 Å². The Labute approximate surface area is 214 Å². The van der Waals surface area contributed by atoms with Crippen LogP contribution in [-0.4, -0.2) is 61.7 Å². The van der Waals surface area contributed by atoms with Gasteiger partial charge in [-0.15, -0.1) is 0 Å². The average molecular weight is 534 g/mol. The zero-order valence-corrected chi connectivity index (χ0v) is 21.3. The van der Waals surface area contributed by atoms with Crippen molar-refractivity contribution in [3.63, 3.8) is 0 Å². The maximum Gasteiger partial charge on any atom is 0.257 e. The number of sulfone groups is 1. The van der Waals surface area contributed by atoms with E-state index in [4.69, 9.17) is 9.47 Å². The number of benzene rings is 2. The summed E-state index contributed by atoms with van der Waals surface area (Å²) in [6.07, 6.45) is 2.74. The first-order chi connectivity index (χ1) is 17.8. The molecule has 0 unspecified atom stereocenters. The second-order valence-corrected chi connectivity index (χ2v) is 10.7. The molecule has 0 saturated carbocycles. The van der Waals surface area contributed by atoms with Crippen molar-refractivity contribution in [1.82, 2.24) is 14.5 Å². The van der Waals surface area contributed by atoms with Crippen LogP contribution in [0, 0.1) is 11.6 Å². The number of halogens is 2. The van der Waals surface area contributed by atoms with Crippen LogP contribution >= 0.6 is 0 Å². The standard InChI is InChI=1S/C26H29F2N3O5S/c1-35-14-12-30(25(32)22-9-3-5-11-24(22)28)16-20-15-29-26(31(20)17-21-8-6-13-36-21)37(33,34)18-19-7-2-4-10-23(19)27/h2-5,7,9-11,15,21H,6,8,12-14,16-18H2,1H3/t21-/m0/s1. The summed E-state index contributed by atoms with van der Waals surface area (Å²) >= 11 is 0. The van der Waals surface area contributed by atoms with Gasteiger partial charge in [-0.3, -0.25) is 4.79 Å². The molecule has 37 heavy (non-hydrogen) atoms. The number of rotatable bonds is 11.